The van der Waals surface area contributed by atoms with E-state index in [2.05, 4.69) is 30.0 Å². The number of nitrogens with zero attached hydrogens (tertiary/aromatic N) is 4. The van der Waals surface area contributed by atoms with Crippen LogP contribution in [0.15, 0.2) is 60.9 Å². The molecule has 0 aliphatic carbocycles. The largest absolute Gasteiger partial charge is 0.453 e. The van der Waals surface area contributed by atoms with E-state index in [-0.39, 0.29) is 17.9 Å². The zero-order valence-corrected chi connectivity index (χ0v) is 28.0. The lowest BCUT2D eigenvalue weighted by Crippen LogP contribution is -2.47. The van der Waals surface area contributed by atoms with Gasteiger partial charge in [0.2, 0.25) is 5.91 Å². The summed E-state index contributed by atoms with van der Waals surface area (Å²) in [5, 5.41) is 13.2. The molecule has 0 bridgehead atoms. The number of carbonyl (C=O) groups is 4. The Morgan fingerprint density at radius 3 is 1.98 bits per heavy atom. The number of hydrogen-bond donors (Lipinski definition) is 5. The minimum Gasteiger partial charge on any atom is -0.453 e. The number of nitrogens with two attached hydrogens (primary N) is 1. The lowest BCUT2D eigenvalue weighted by Gasteiger charge is -2.27. The average Bonchev–Trinajstić information content (AvgIpc) is 3.94. The van der Waals surface area contributed by atoms with Gasteiger partial charge in [-0.1, -0.05) is 48.5 Å². The SMILES string of the molecule is COC(=O)N[C@@H](C)C(=O)N1CC[C@H](O)[C@H]1c1ncc(-c2ccc(-c3ccc(-c4cnc([C@@H]5CCCN5C(=O)[C@H](C)OC(N)=O)[nH]4)cc3)cc2)[nH]1. The predicted molar refractivity (Wildman–Crippen MR) is 181 cm³/mol. The summed E-state index contributed by atoms with van der Waals surface area (Å²) in [6.07, 6.45) is 1.91. The zero-order valence-electron chi connectivity index (χ0n) is 28.0. The predicted octanol–water partition coefficient (Wildman–Crippen LogP) is 3.66. The van der Waals surface area contributed by atoms with Crippen molar-refractivity contribution in [2.24, 2.45) is 5.73 Å². The first-order chi connectivity index (χ1) is 24.0. The molecule has 2 saturated heterocycles. The number of rotatable bonds is 9. The fourth-order valence-corrected chi connectivity index (χ4v) is 6.64. The van der Waals surface area contributed by atoms with Gasteiger partial charge in [0.05, 0.1) is 43.0 Å². The highest BCUT2D eigenvalue weighted by Gasteiger charge is 2.41. The van der Waals surface area contributed by atoms with Crippen LogP contribution in [0.4, 0.5) is 9.59 Å². The Morgan fingerprint density at radius 1 is 0.840 bits per heavy atom. The second kappa shape index (κ2) is 14.4. The van der Waals surface area contributed by atoms with Crippen molar-refractivity contribution in [1.82, 2.24) is 35.1 Å². The molecule has 2 aliphatic rings. The number of ether oxygens (including phenoxy) is 2. The highest BCUT2D eigenvalue weighted by molar-refractivity contribution is 5.86. The molecule has 15 heteroatoms. The van der Waals surface area contributed by atoms with Gasteiger partial charge in [0, 0.05) is 13.1 Å². The molecular formula is C35H40N8O7. The number of likely N-dealkylation sites (tertiary alicyclic amines) is 2. The number of methoxy groups -OCH3 is 1. The van der Waals surface area contributed by atoms with E-state index >= 15 is 0 Å². The molecule has 15 nitrogen and oxygen atoms in total. The number of primary amides is 1. The number of hydrogen-bond acceptors (Lipinski definition) is 9. The Hall–Kier alpha value is -5.70. The van der Waals surface area contributed by atoms with E-state index in [0.717, 1.165) is 46.5 Å². The van der Waals surface area contributed by atoms with Crippen LogP contribution in [0.5, 0.6) is 0 Å². The summed E-state index contributed by atoms with van der Waals surface area (Å²) in [4.78, 5) is 67.6. The summed E-state index contributed by atoms with van der Waals surface area (Å²) < 4.78 is 9.49. The van der Waals surface area contributed by atoms with Crippen molar-refractivity contribution in [3.05, 3.63) is 72.6 Å². The Morgan fingerprint density at radius 2 is 1.40 bits per heavy atom. The molecule has 4 aromatic rings. The van der Waals surface area contributed by atoms with E-state index in [9.17, 15) is 24.3 Å². The first-order valence-electron chi connectivity index (χ1n) is 16.4. The number of alkyl carbamates (subject to hydrolysis) is 1. The number of carbonyl (C=O) groups excluding carboxylic acids is 4. The highest BCUT2D eigenvalue weighted by Crippen LogP contribution is 2.35. The van der Waals surface area contributed by atoms with Gasteiger partial charge in [-0.05, 0) is 55.4 Å². The molecule has 50 heavy (non-hydrogen) atoms. The van der Waals surface area contributed by atoms with E-state index in [1.54, 1.807) is 24.2 Å². The van der Waals surface area contributed by atoms with E-state index in [1.165, 1.54) is 18.9 Å². The van der Waals surface area contributed by atoms with Crippen LogP contribution in [-0.4, -0.2) is 97.3 Å². The van der Waals surface area contributed by atoms with Gasteiger partial charge in [0.25, 0.3) is 5.91 Å². The van der Waals surface area contributed by atoms with Gasteiger partial charge >= 0.3 is 12.2 Å². The molecule has 2 aromatic heterocycles. The van der Waals surface area contributed by atoms with Gasteiger partial charge in [-0.15, -0.1) is 0 Å². The molecule has 6 rings (SSSR count). The van der Waals surface area contributed by atoms with Crippen LogP contribution >= 0.6 is 0 Å². The molecule has 4 amide bonds. The maximum atomic E-state index is 13.1. The molecule has 2 aromatic carbocycles. The minimum atomic E-state index is -0.986. The maximum absolute atomic E-state index is 13.1. The second-order valence-corrected chi connectivity index (χ2v) is 12.5. The number of aliphatic hydroxyl groups excluding tert-OH is 1. The number of H-pyrrole nitrogens is 2. The van der Waals surface area contributed by atoms with Gasteiger partial charge < -0.3 is 45.4 Å². The fraction of sp³-hybridized carbons (Fsp3) is 0.371. The molecule has 4 heterocycles. The van der Waals surface area contributed by atoms with E-state index < -0.39 is 36.5 Å². The standard InChI is InChI=1S/C35H40N8O7/c1-19(39-35(48)49-3)32(45)43-16-14-28(44)29(43)31-38-18-26(41-31)24-12-8-22(9-13-24)21-6-10-23(11-7-21)25-17-37-30(40-25)27-5-4-15-42(27)33(46)20(2)50-34(36)47/h6-13,17-20,27-29,44H,4-5,14-16H2,1-3H3,(H2,36,47)(H,37,40)(H,38,41)(H,39,48)/t19-,20-,27-,28-,29-/m0/s1. The summed E-state index contributed by atoms with van der Waals surface area (Å²) >= 11 is 0. The maximum Gasteiger partial charge on any atom is 0.407 e. The molecule has 262 valence electrons. The van der Waals surface area contributed by atoms with Gasteiger partial charge in [0.15, 0.2) is 6.10 Å². The van der Waals surface area contributed by atoms with Crippen LogP contribution < -0.4 is 11.1 Å². The van der Waals surface area contributed by atoms with Crippen molar-refractivity contribution in [2.75, 3.05) is 20.2 Å². The molecule has 0 spiro atoms. The monoisotopic (exact) mass is 684 g/mol. The van der Waals surface area contributed by atoms with E-state index in [1.807, 2.05) is 48.5 Å². The summed E-state index contributed by atoms with van der Waals surface area (Å²) in [6, 6.07) is 14.3. The lowest BCUT2D eigenvalue weighted by molar-refractivity contribution is -0.140. The topological polar surface area (TPSA) is 209 Å². The Labute approximate surface area is 288 Å². The molecule has 2 aliphatic heterocycles. The van der Waals surface area contributed by atoms with Gasteiger partial charge in [0.1, 0.15) is 23.7 Å². The number of benzene rings is 2. The highest BCUT2D eigenvalue weighted by atomic mass is 16.6. The van der Waals surface area contributed by atoms with Crippen molar-refractivity contribution in [3.63, 3.8) is 0 Å². The van der Waals surface area contributed by atoms with Crippen molar-refractivity contribution in [3.8, 4) is 33.6 Å². The fourth-order valence-electron chi connectivity index (χ4n) is 6.64. The van der Waals surface area contributed by atoms with Crippen LogP contribution in [-0.2, 0) is 19.1 Å². The Balaban J connectivity index is 1.11. The Bertz CT molecular complexity index is 1850. The van der Waals surface area contributed by atoms with Crippen LogP contribution in [0.25, 0.3) is 33.6 Å². The number of imidazole rings is 2. The zero-order chi connectivity index (χ0) is 35.5. The summed E-state index contributed by atoms with van der Waals surface area (Å²) in [5.41, 5.74) is 10.5. The van der Waals surface area contributed by atoms with Crippen LogP contribution in [0.2, 0.25) is 0 Å². The third kappa shape index (κ3) is 7.03. The molecule has 5 atom stereocenters. The van der Waals surface area contributed by atoms with Crippen LogP contribution in [0, 0.1) is 0 Å². The summed E-state index contributed by atoms with van der Waals surface area (Å²) in [6.45, 7) is 3.96. The van der Waals surface area contributed by atoms with Crippen LogP contribution in [0.3, 0.4) is 0 Å². The first kappa shape index (κ1) is 34.2. The number of nitrogens with one attached hydrogen (secondary N) is 3. The first-order valence-corrected chi connectivity index (χ1v) is 16.4. The molecule has 0 unspecified atom stereocenters. The van der Waals surface area contributed by atoms with E-state index in [0.29, 0.717) is 31.2 Å². The Kier molecular flexibility index (Phi) is 9.86. The smallest absolute Gasteiger partial charge is 0.407 e. The lowest BCUT2D eigenvalue weighted by atomic mass is 10.0. The van der Waals surface area contributed by atoms with Crippen molar-refractivity contribution in [1.29, 1.82) is 0 Å². The summed E-state index contributed by atoms with van der Waals surface area (Å²) in [5.74, 6) is 0.490. The third-order valence-electron chi connectivity index (χ3n) is 9.23. The number of amides is 4. The number of aliphatic hydroxyl groups is 1. The molecular weight excluding hydrogens is 644 g/mol. The molecule has 0 radical (unpaired) electrons. The second-order valence-electron chi connectivity index (χ2n) is 12.5. The van der Waals surface area contributed by atoms with Gasteiger partial charge in [-0.25, -0.2) is 19.6 Å². The minimum absolute atomic E-state index is 0.248. The third-order valence-corrected chi connectivity index (χ3v) is 9.23. The summed E-state index contributed by atoms with van der Waals surface area (Å²) in [7, 11) is 1.23. The van der Waals surface area contributed by atoms with E-state index in [4.69, 9.17) is 10.5 Å². The average molecular weight is 685 g/mol. The van der Waals surface area contributed by atoms with Gasteiger partial charge in [-0.3, -0.25) is 9.59 Å². The van der Waals surface area contributed by atoms with Crippen molar-refractivity contribution in [2.45, 2.75) is 63.4 Å². The normalized spacial score (nSPS) is 20.0. The number of aromatic amines is 2. The quantitative estimate of drug-likeness (QED) is 0.174. The molecule has 2 fully saturated rings. The molecule has 0 saturated carbocycles. The van der Waals surface area contributed by atoms with Gasteiger partial charge in [-0.2, -0.15) is 0 Å². The van der Waals surface area contributed by atoms with Crippen LogP contribution in [0.1, 0.15) is 56.8 Å². The number of aromatic nitrogens is 4. The van der Waals surface area contributed by atoms with Crippen molar-refractivity contribution < 1.29 is 33.8 Å². The van der Waals surface area contributed by atoms with Crippen molar-refractivity contribution >= 4 is 24.0 Å². The molecule has 6 N–H and O–H groups in total.